The fraction of sp³-hybridized carbons (Fsp3) is 0.263. The summed E-state index contributed by atoms with van der Waals surface area (Å²) in [5.74, 6) is 0.700. The minimum absolute atomic E-state index is 0.123. The van der Waals surface area contributed by atoms with Crippen molar-refractivity contribution in [2.45, 2.75) is 13.3 Å². The van der Waals surface area contributed by atoms with Crippen molar-refractivity contribution in [3.05, 3.63) is 54.3 Å². The molecule has 0 aliphatic carbocycles. The van der Waals surface area contributed by atoms with Gasteiger partial charge in [-0.1, -0.05) is 25.1 Å². The average molecular weight is 324 g/mol. The van der Waals surface area contributed by atoms with Crippen LogP contribution in [-0.4, -0.2) is 29.1 Å². The number of hydrogen-bond donors (Lipinski definition) is 2. The van der Waals surface area contributed by atoms with Crippen molar-refractivity contribution in [3.8, 4) is 11.5 Å². The maximum atomic E-state index is 12.7. The van der Waals surface area contributed by atoms with Crippen LogP contribution in [0, 0.1) is 5.92 Å². The molecule has 0 saturated carbocycles. The second-order valence-corrected chi connectivity index (χ2v) is 5.88. The molecule has 0 radical (unpaired) electrons. The van der Waals surface area contributed by atoms with E-state index in [0.29, 0.717) is 30.0 Å². The summed E-state index contributed by atoms with van der Waals surface area (Å²) < 4.78 is 5.41. The van der Waals surface area contributed by atoms with Crippen LogP contribution in [0.1, 0.15) is 23.7 Å². The lowest BCUT2D eigenvalue weighted by Gasteiger charge is -2.13. The molecule has 1 aromatic carbocycles. The zero-order chi connectivity index (χ0) is 16.9. The normalized spacial score (nSPS) is 12.2. The third-order valence-electron chi connectivity index (χ3n) is 3.97. The van der Waals surface area contributed by atoms with Gasteiger partial charge in [0.05, 0.1) is 17.3 Å². The molecular weight excluding hydrogens is 304 g/mol. The summed E-state index contributed by atoms with van der Waals surface area (Å²) in [6, 6.07) is 12.9. The maximum absolute atomic E-state index is 12.7. The number of para-hydroxylation sites is 1. The fourth-order valence-electron chi connectivity index (χ4n) is 2.60. The minimum Gasteiger partial charge on any atom is -0.463 e. The van der Waals surface area contributed by atoms with Gasteiger partial charge in [0, 0.05) is 18.5 Å². The number of aliphatic hydroxyl groups is 1. The summed E-state index contributed by atoms with van der Waals surface area (Å²) in [5, 5.41) is 12.7. The number of carbonyl (C=O) groups is 1. The van der Waals surface area contributed by atoms with Crippen LogP contribution in [0.2, 0.25) is 0 Å². The molecule has 24 heavy (non-hydrogen) atoms. The molecule has 0 aliphatic rings. The van der Waals surface area contributed by atoms with Gasteiger partial charge in [0.2, 0.25) is 0 Å². The number of carbonyl (C=O) groups excluding carboxylic acids is 1. The predicted molar refractivity (Wildman–Crippen MR) is 92.6 cm³/mol. The first-order valence-corrected chi connectivity index (χ1v) is 8.01. The van der Waals surface area contributed by atoms with E-state index in [2.05, 4.69) is 10.3 Å². The van der Waals surface area contributed by atoms with Crippen LogP contribution in [0.5, 0.6) is 0 Å². The van der Waals surface area contributed by atoms with Gasteiger partial charge in [-0.15, -0.1) is 0 Å². The molecular formula is C19H20N2O3. The zero-order valence-electron chi connectivity index (χ0n) is 13.5. The molecule has 0 spiro atoms. The first-order chi connectivity index (χ1) is 11.7. The molecule has 5 nitrogen and oxygen atoms in total. The lowest BCUT2D eigenvalue weighted by molar-refractivity contribution is 0.0947. The smallest absolute Gasteiger partial charge is 0.252 e. The second kappa shape index (κ2) is 7.27. The lowest BCUT2D eigenvalue weighted by Crippen LogP contribution is -2.29. The Bertz CT molecular complexity index is 828. The molecule has 3 rings (SSSR count). The topological polar surface area (TPSA) is 75.4 Å². The number of amides is 1. The Morgan fingerprint density at radius 3 is 2.88 bits per heavy atom. The van der Waals surface area contributed by atoms with Gasteiger partial charge in [0.25, 0.3) is 5.91 Å². The molecule has 124 valence electrons. The van der Waals surface area contributed by atoms with Gasteiger partial charge < -0.3 is 14.8 Å². The van der Waals surface area contributed by atoms with E-state index in [-0.39, 0.29) is 18.4 Å². The molecule has 1 amide bonds. The Hall–Kier alpha value is -2.66. The van der Waals surface area contributed by atoms with Crippen LogP contribution in [0.25, 0.3) is 22.4 Å². The van der Waals surface area contributed by atoms with E-state index in [0.717, 1.165) is 10.9 Å². The molecule has 2 heterocycles. The Kier molecular flexibility index (Phi) is 4.91. The molecule has 0 saturated heterocycles. The molecule has 2 N–H and O–H groups in total. The third-order valence-corrected chi connectivity index (χ3v) is 3.97. The molecule has 1 atom stereocenters. The summed E-state index contributed by atoms with van der Waals surface area (Å²) in [4.78, 5) is 17.2. The number of furan rings is 1. The number of pyridine rings is 1. The van der Waals surface area contributed by atoms with E-state index in [1.165, 1.54) is 0 Å². The zero-order valence-corrected chi connectivity index (χ0v) is 13.5. The molecule has 1 unspecified atom stereocenters. The number of fused-ring (bicyclic) bond motifs is 1. The molecule has 0 aliphatic heterocycles. The first kappa shape index (κ1) is 16.2. The summed E-state index contributed by atoms with van der Waals surface area (Å²) >= 11 is 0. The van der Waals surface area contributed by atoms with Crippen LogP contribution in [0.3, 0.4) is 0 Å². The van der Waals surface area contributed by atoms with Crippen LogP contribution in [-0.2, 0) is 0 Å². The minimum atomic E-state index is -0.147. The van der Waals surface area contributed by atoms with Gasteiger partial charge in [0.1, 0.15) is 5.69 Å². The van der Waals surface area contributed by atoms with E-state index in [1.807, 2.05) is 37.3 Å². The summed E-state index contributed by atoms with van der Waals surface area (Å²) in [7, 11) is 0. The van der Waals surface area contributed by atoms with Crippen molar-refractivity contribution in [3.63, 3.8) is 0 Å². The average Bonchev–Trinajstić information content (AvgIpc) is 3.13. The Morgan fingerprint density at radius 1 is 1.29 bits per heavy atom. The number of benzene rings is 1. The van der Waals surface area contributed by atoms with Gasteiger partial charge in [-0.05, 0) is 36.6 Å². The van der Waals surface area contributed by atoms with Crippen LogP contribution >= 0.6 is 0 Å². The Morgan fingerprint density at radius 2 is 2.12 bits per heavy atom. The van der Waals surface area contributed by atoms with Crippen molar-refractivity contribution >= 4 is 16.8 Å². The highest BCUT2D eigenvalue weighted by atomic mass is 16.3. The number of nitrogens with zero attached hydrogens (tertiary/aromatic N) is 1. The molecule has 3 aromatic rings. The summed E-state index contributed by atoms with van der Waals surface area (Å²) in [6.07, 6.45) is 2.25. The van der Waals surface area contributed by atoms with E-state index in [1.54, 1.807) is 18.4 Å². The van der Waals surface area contributed by atoms with Gasteiger partial charge in [-0.2, -0.15) is 0 Å². The Labute approximate surface area is 140 Å². The van der Waals surface area contributed by atoms with Gasteiger partial charge in [0.15, 0.2) is 5.76 Å². The highest BCUT2D eigenvalue weighted by molar-refractivity contribution is 6.07. The van der Waals surface area contributed by atoms with Crippen molar-refractivity contribution in [2.75, 3.05) is 13.2 Å². The van der Waals surface area contributed by atoms with Crippen molar-refractivity contribution in [2.24, 2.45) is 5.92 Å². The molecule has 5 heteroatoms. The SMILES string of the molecule is CC(CCO)CNC(=O)c1cc(-c2ccco2)nc2ccccc12. The van der Waals surface area contributed by atoms with Crippen molar-refractivity contribution < 1.29 is 14.3 Å². The number of nitrogens with one attached hydrogen (secondary N) is 1. The quantitative estimate of drug-likeness (QED) is 0.730. The van der Waals surface area contributed by atoms with Crippen LogP contribution < -0.4 is 5.32 Å². The van der Waals surface area contributed by atoms with Crippen molar-refractivity contribution in [1.82, 2.24) is 10.3 Å². The fourth-order valence-corrected chi connectivity index (χ4v) is 2.60. The van der Waals surface area contributed by atoms with Crippen LogP contribution in [0.15, 0.2) is 53.1 Å². The number of aromatic nitrogens is 1. The molecule has 0 bridgehead atoms. The van der Waals surface area contributed by atoms with Crippen LogP contribution in [0.4, 0.5) is 0 Å². The number of aliphatic hydroxyl groups excluding tert-OH is 1. The highest BCUT2D eigenvalue weighted by Gasteiger charge is 2.15. The molecule has 2 aromatic heterocycles. The van der Waals surface area contributed by atoms with Crippen molar-refractivity contribution in [1.29, 1.82) is 0 Å². The summed E-state index contributed by atoms with van der Waals surface area (Å²) in [5.41, 5.74) is 1.95. The van der Waals surface area contributed by atoms with E-state index >= 15 is 0 Å². The first-order valence-electron chi connectivity index (χ1n) is 8.01. The number of hydrogen-bond acceptors (Lipinski definition) is 4. The lowest BCUT2D eigenvalue weighted by atomic mass is 10.0. The largest absolute Gasteiger partial charge is 0.463 e. The van der Waals surface area contributed by atoms with Gasteiger partial charge in [-0.3, -0.25) is 4.79 Å². The maximum Gasteiger partial charge on any atom is 0.252 e. The second-order valence-electron chi connectivity index (χ2n) is 5.88. The third kappa shape index (κ3) is 3.46. The van der Waals surface area contributed by atoms with Gasteiger partial charge in [-0.25, -0.2) is 4.98 Å². The van der Waals surface area contributed by atoms with E-state index in [9.17, 15) is 4.79 Å². The molecule has 0 fully saturated rings. The van der Waals surface area contributed by atoms with E-state index in [4.69, 9.17) is 9.52 Å². The highest BCUT2D eigenvalue weighted by Crippen LogP contribution is 2.25. The predicted octanol–water partition coefficient (Wildman–Crippen LogP) is 3.24. The number of rotatable bonds is 6. The summed E-state index contributed by atoms with van der Waals surface area (Å²) in [6.45, 7) is 2.64. The monoisotopic (exact) mass is 324 g/mol. The Balaban J connectivity index is 1.95. The standard InChI is InChI=1S/C19H20N2O3/c1-13(8-9-22)12-20-19(23)15-11-17(18-7-4-10-24-18)21-16-6-3-2-5-14(15)16/h2-7,10-11,13,22H,8-9,12H2,1H3,(H,20,23). The van der Waals surface area contributed by atoms with Gasteiger partial charge >= 0.3 is 0 Å². The van der Waals surface area contributed by atoms with E-state index < -0.39 is 0 Å².